The lowest BCUT2D eigenvalue weighted by Gasteiger charge is -2.34. The first kappa shape index (κ1) is 34.9. The number of hydrogen-bond donors (Lipinski definition) is 0. The van der Waals surface area contributed by atoms with E-state index in [1.165, 1.54) is 51.3 Å². The van der Waals surface area contributed by atoms with E-state index in [-0.39, 0.29) is 63.4 Å². The van der Waals surface area contributed by atoms with Crippen LogP contribution in [0.2, 0.25) is 0 Å². The van der Waals surface area contributed by atoms with Gasteiger partial charge in [0.25, 0.3) is 0 Å². The molecule has 0 aliphatic carbocycles. The van der Waals surface area contributed by atoms with E-state index in [9.17, 15) is 28.8 Å². The maximum absolute atomic E-state index is 13.9. The molecule has 1 aromatic heterocycles. The molecule has 0 bridgehead atoms. The average molecular weight is 691 g/mol. The van der Waals surface area contributed by atoms with E-state index in [0.29, 0.717) is 5.56 Å². The summed E-state index contributed by atoms with van der Waals surface area (Å²) in [6, 6.07) is 11.6. The van der Waals surface area contributed by atoms with E-state index in [4.69, 9.17) is 42.3 Å². The van der Waals surface area contributed by atoms with Gasteiger partial charge in [-0.1, -0.05) is 6.07 Å². The summed E-state index contributed by atoms with van der Waals surface area (Å²) in [6.07, 6.45) is -1.76. The van der Waals surface area contributed by atoms with E-state index in [1.807, 2.05) is 0 Å². The van der Waals surface area contributed by atoms with E-state index >= 15 is 0 Å². The largest absolute Gasteiger partial charge is 0.493 e. The Bertz CT molecular complexity index is 2090. The first-order valence-electron chi connectivity index (χ1n) is 14.9. The topological polar surface area (TPSA) is 189 Å². The van der Waals surface area contributed by atoms with Crippen molar-refractivity contribution in [2.75, 3.05) is 13.7 Å². The summed E-state index contributed by atoms with van der Waals surface area (Å²) in [5, 5.41) is -0.256. The van der Waals surface area contributed by atoms with E-state index in [0.717, 1.165) is 26.8 Å². The summed E-state index contributed by atoms with van der Waals surface area (Å²) < 4.78 is 50.3. The molecule has 260 valence electrons. The maximum Gasteiger partial charge on any atom is 0.308 e. The highest BCUT2D eigenvalue weighted by Crippen LogP contribution is 2.45. The van der Waals surface area contributed by atoms with Crippen LogP contribution in [0.25, 0.3) is 22.3 Å². The molecule has 0 amide bonds. The van der Waals surface area contributed by atoms with Gasteiger partial charge in [0.15, 0.2) is 41.0 Å². The van der Waals surface area contributed by atoms with Gasteiger partial charge < -0.3 is 42.3 Å². The Labute approximate surface area is 283 Å². The summed E-state index contributed by atoms with van der Waals surface area (Å²) >= 11 is 0. The predicted octanol–water partition coefficient (Wildman–Crippen LogP) is 4.61. The van der Waals surface area contributed by atoms with Gasteiger partial charge in [-0.25, -0.2) is 0 Å². The minimum absolute atomic E-state index is 0.0884. The van der Waals surface area contributed by atoms with Gasteiger partial charge >= 0.3 is 29.8 Å². The standard InChI is InChI=1S/C35H30O15/c1-16(36)43-15-30-33(21-7-9-24(45-18(3)38)26(11-21)42-6)49-27-12-22(8-10-25(27)48-30)34-35(47-20(5)40)32(41)31-28(46-19(4)39)13-23(44-17(2)37)14-29(31)50-34/h7-14,30,33H,15H2,1-6H3/t30-,33-/m1/s1. The highest BCUT2D eigenvalue weighted by atomic mass is 16.6. The van der Waals surface area contributed by atoms with Gasteiger partial charge in [-0.05, 0) is 30.3 Å². The van der Waals surface area contributed by atoms with Crippen LogP contribution in [0.3, 0.4) is 0 Å². The molecule has 0 radical (unpaired) electrons. The van der Waals surface area contributed by atoms with Crippen LogP contribution in [-0.4, -0.2) is 49.7 Å². The molecule has 0 N–H and O–H groups in total. The van der Waals surface area contributed by atoms with Crippen molar-refractivity contribution in [3.8, 4) is 51.6 Å². The van der Waals surface area contributed by atoms with Crippen LogP contribution in [0.15, 0.2) is 57.7 Å². The summed E-state index contributed by atoms with van der Waals surface area (Å²) in [5.41, 5.74) is -0.337. The third-order valence-corrected chi connectivity index (χ3v) is 6.95. The summed E-state index contributed by atoms with van der Waals surface area (Å²) in [6.45, 7) is 5.65. The fraction of sp³-hybridized carbons (Fsp3) is 0.257. The molecule has 0 spiro atoms. The fourth-order valence-corrected chi connectivity index (χ4v) is 5.11. The molecule has 50 heavy (non-hydrogen) atoms. The van der Waals surface area contributed by atoms with Crippen molar-refractivity contribution in [3.05, 3.63) is 64.3 Å². The molecule has 2 atom stereocenters. The SMILES string of the molecule is COc1cc([C@H]2Oc3cc(-c4oc5cc(OC(C)=O)cc(OC(C)=O)c5c(=O)c4OC(C)=O)ccc3O[C@@H]2COC(C)=O)ccc1OC(C)=O. The second-order valence-corrected chi connectivity index (χ2v) is 10.8. The van der Waals surface area contributed by atoms with E-state index in [1.54, 1.807) is 12.1 Å². The lowest BCUT2D eigenvalue weighted by molar-refractivity contribution is -0.146. The molecular weight excluding hydrogens is 660 g/mol. The summed E-state index contributed by atoms with van der Waals surface area (Å²) in [4.78, 5) is 72.9. The molecule has 4 aromatic rings. The second kappa shape index (κ2) is 14.4. The quantitative estimate of drug-likeness (QED) is 0.175. The lowest BCUT2D eigenvalue weighted by Crippen LogP contribution is -2.37. The molecule has 0 saturated carbocycles. The number of esters is 5. The molecule has 15 heteroatoms. The van der Waals surface area contributed by atoms with Crippen LogP contribution in [0.5, 0.6) is 40.2 Å². The van der Waals surface area contributed by atoms with Gasteiger partial charge in [-0.3, -0.25) is 28.8 Å². The minimum atomic E-state index is -0.911. The van der Waals surface area contributed by atoms with Crippen LogP contribution in [0, 0.1) is 0 Å². The Morgan fingerprint density at radius 2 is 1.36 bits per heavy atom. The number of rotatable bonds is 9. The molecule has 0 unspecified atom stereocenters. The van der Waals surface area contributed by atoms with Gasteiger partial charge in [0.2, 0.25) is 11.2 Å². The van der Waals surface area contributed by atoms with E-state index < -0.39 is 53.2 Å². The molecular formula is C35H30O15. The Kier molecular flexibility index (Phi) is 10.1. The number of hydrogen-bond acceptors (Lipinski definition) is 15. The van der Waals surface area contributed by atoms with Gasteiger partial charge in [0.05, 0.1) is 7.11 Å². The molecule has 0 saturated heterocycles. The molecule has 15 nitrogen and oxygen atoms in total. The van der Waals surface area contributed by atoms with Crippen molar-refractivity contribution >= 4 is 40.8 Å². The van der Waals surface area contributed by atoms with Gasteiger partial charge in [0.1, 0.15) is 29.1 Å². The number of carbonyl (C=O) groups excluding carboxylic acids is 5. The highest BCUT2D eigenvalue weighted by Gasteiger charge is 2.35. The van der Waals surface area contributed by atoms with Gasteiger partial charge in [0, 0.05) is 57.9 Å². The van der Waals surface area contributed by atoms with Crippen molar-refractivity contribution in [1.29, 1.82) is 0 Å². The fourth-order valence-electron chi connectivity index (χ4n) is 5.11. The first-order chi connectivity index (χ1) is 23.7. The zero-order valence-electron chi connectivity index (χ0n) is 27.6. The van der Waals surface area contributed by atoms with Crippen molar-refractivity contribution in [2.24, 2.45) is 0 Å². The predicted molar refractivity (Wildman–Crippen MR) is 171 cm³/mol. The van der Waals surface area contributed by atoms with Crippen molar-refractivity contribution in [1.82, 2.24) is 0 Å². The Hall–Kier alpha value is -6.38. The third kappa shape index (κ3) is 7.67. The molecule has 0 fully saturated rings. The average Bonchev–Trinajstić information content (AvgIpc) is 3.03. The van der Waals surface area contributed by atoms with Crippen molar-refractivity contribution < 1.29 is 66.3 Å². The minimum Gasteiger partial charge on any atom is -0.493 e. The van der Waals surface area contributed by atoms with Gasteiger partial charge in [-0.2, -0.15) is 0 Å². The Morgan fingerprint density at radius 3 is 2.00 bits per heavy atom. The molecule has 2 heterocycles. The second-order valence-electron chi connectivity index (χ2n) is 10.8. The Balaban J connectivity index is 1.65. The lowest BCUT2D eigenvalue weighted by atomic mass is 10.0. The number of methoxy groups -OCH3 is 1. The molecule has 1 aliphatic heterocycles. The molecule has 5 rings (SSSR count). The number of ether oxygens (including phenoxy) is 8. The monoisotopic (exact) mass is 690 g/mol. The van der Waals surface area contributed by atoms with Crippen molar-refractivity contribution in [2.45, 2.75) is 46.8 Å². The zero-order valence-corrected chi connectivity index (χ0v) is 27.6. The van der Waals surface area contributed by atoms with Crippen LogP contribution in [0.4, 0.5) is 0 Å². The normalized spacial score (nSPS) is 14.7. The first-order valence-corrected chi connectivity index (χ1v) is 14.9. The third-order valence-electron chi connectivity index (χ3n) is 6.95. The van der Waals surface area contributed by atoms with Crippen LogP contribution in [0.1, 0.15) is 46.3 Å². The summed E-state index contributed by atoms with van der Waals surface area (Å²) in [5.74, 6) is -3.77. The van der Waals surface area contributed by atoms with Crippen LogP contribution >= 0.6 is 0 Å². The maximum atomic E-state index is 13.9. The Morgan fingerprint density at radius 1 is 0.680 bits per heavy atom. The molecule has 1 aliphatic rings. The highest BCUT2D eigenvalue weighted by molar-refractivity contribution is 5.92. The van der Waals surface area contributed by atoms with Crippen LogP contribution < -0.4 is 38.6 Å². The number of carbonyl (C=O) groups is 5. The van der Waals surface area contributed by atoms with E-state index in [2.05, 4.69) is 0 Å². The number of benzene rings is 3. The zero-order chi connectivity index (χ0) is 36.3. The van der Waals surface area contributed by atoms with Crippen molar-refractivity contribution in [3.63, 3.8) is 0 Å². The van der Waals surface area contributed by atoms with Crippen LogP contribution in [-0.2, 0) is 28.7 Å². The number of fused-ring (bicyclic) bond motifs is 2. The summed E-state index contributed by atoms with van der Waals surface area (Å²) in [7, 11) is 1.39. The smallest absolute Gasteiger partial charge is 0.308 e. The molecule has 3 aromatic carbocycles. The van der Waals surface area contributed by atoms with Gasteiger partial charge in [-0.15, -0.1) is 0 Å².